The first-order valence-corrected chi connectivity index (χ1v) is 10.2. The number of aromatic carboxylic acids is 1. The van der Waals surface area contributed by atoms with E-state index < -0.39 is 5.97 Å². The predicted molar refractivity (Wildman–Crippen MR) is 109 cm³/mol. The number of thioether (sulfide) groups is 1. The van der Waals surface area contributed by atoms with E-state index in [1.807, 2.05) is 18.2 Å². The van der Waals surface area contributed by atoms with Crippen molar-refractivity contribution in [3.8, 4) is 5.75 Å². The summed E-state index contributed by atoms with van der Waals surface area (Å²) in [6.45, 7) is 3.45. The summed E-state index contributed by atoms with van der Waals surface area (Å²) in [6, 6.07) is 16.8. The zero-order valence-electron chi connectivity index (χ0n) is 15.7. The maximum Gasteiger partial charge on any atom is 0.335 e. The summed E-state index contributed by atoms with van der Waals surface area (Å²) in [5.74, 6) is 1.44. The summed E-state index contributed by atoms with van der Waals surface area (Å²) in [4.78, 5) is 11.0. The van der Waals surface area contributed by atoms with E-state index in [4.69, 9.17) is 9.84 Å². The van der Waals surface area contributed by atoms with E-state index in [1.54, 1.807) is 36.0 Å². The van der Waals surface area contributed by atoms with Crippen LogP contribution in [-0.2, 0) is 13.0 Å². The van der Waals surface area contributed by atoms with Gasteiger partial charge in [-0.05, 0) is 37.1 Å². The molecular formula is C21H23N3O3S. The number of benzene rings is 2. The van der Waals surface area contributed by atoms with Gasteiger partial charge in [-0.25, -0.2) is 4.79 Å². The van der Waals surface area contributed by atoms with Crippen LogP contribution < -0.4 is 4.74 Å². The number of aromatic nitrogens is 3. The molecule has 0 bridgehead atoms. The molecule has 1 heterocycles. The molecule has 3 rings (SSSR count). The second-order valence-corrected chi connectivity index (χ2v) is 7.25. The third-order valence-electron chi connectivity index (χ3n) is 4.18. The van der Waals surface area contributed by atoms with Gasteiger partial charge in [0.25, 0.3) is 0 Å². The van der Waals surface area contributed by atoms with E-state index in [1.165, 1.54) is 5.56 Å². The largest absolute Gasteiger partial charge is 0.494 e. The topological polar surface area (TPSA) is 77.2 Å². The van der Waals surface area contributed by atoms with E-state index in [-0.39, 0.29) is 5.56 Å². The van der Waals surface area contributed by atoms with Crippen LogP contribution in [0.2, 0.25) is 0 Å². The highest BCUT2D eigenvalue weighted by Crippen LogP contribution is 2.20. The van der Waals surface area contributed by atoms with E-state index in [9.17, 15) is 4.79 Å². The maximum atomic E-state index is 11.0. The number of hydrogen-bond acceptors (Lipinski definition) is 5. The summed E-state index contributed by atoms with van der Waals surface area (Å²) in [7, 11) is 0. The van der Waals surface area contributed by atoms with Crippen molar-refractivity contribution in [3.63, 3.8) is 0 Å². The van der Waals surface area contributed by atoms with Crippen LogP contribution >= 0.6 is 11.8 Å². The van der Waals surface area contributed by atoms with Gasteiger partial charge >= 0.3 is 5.97 Å². The number of rotatable bonds is 10. The number of carbonyl (C=O) groups is 1. The monoisotopic (exact) mass is 397 g/mol. The highest BCUT2D eigenvalue weighted by Gasteiger charge is 2.11. The molecule has 0 aliphatic carbocycles. The van der Waals surface area contributed by atoms with Crippen LogP contribution in [0.5, 0.6) is 5.75 Å². The Morgan fingerprint density at radius 1 is 1.14 bits per heavy atom. The Morgan fingerprint density at radius 3 is 2.71 bits per heavy atom. The zero-order valence-corrected chi connectivity index (χ0v) is 16.6. The van der Waals surface area contributed by atoms with Crippen molar-refractivity contribution in [1.29, 1.82) is 0 Å². The van der Waals surface area contributed by atoms with Gasteiger partial charge in [0.05, 0.1) is 12.2 Å². The highest BCUT2D eigenvalue weighted by atomic mass is 32.2. The molecule has 6 nitrogen and oxygen atoms in total. The van der Waals surface area contributed by atoms with E-state index in [0.29, 0.717) is 12.4 Å². The van der Waals surface area contributed by atoms with Gasteiger partial charge in [0, 0.05) is 18.7 Å². The lowest BCUT2D eigenvalue weighted by Gasteiger charge is -2.08. The van der Waals surface area contributed by atoms with Gasteiger partial charge in [0.2, 0.25) is 0 Å². The van der Waals surface area contributed by atoms with Gasteiger partial charge in [-0.3, -0.25) is 0 Å². The van der Waals surface area contributed by atoms with Gasteiger partial charge in [0.1, 0.15) is 11.6 Å². The minimum absolute atomic E-state index is 0.230. The smallest absolute Gasteiger partial charge is 0.335 e. The lowest BCUT2D eigenvalue weighted by Crippen LogP contribution is -2.05. The number of carboxylic acids is 1. The van der Waals surface area contributed by atoms with Gasteiger partial charge in [-0.2, -0.15) is 0 Å². The molecule has 28 heavy (non-hydrogen) atoms. The minimum atomic E-state index is -0.953. The molecule has 0 unspecified atom stereocenters. The fourth-order valence-electron chi connectivity index (χ4n) is 2.78. The summed E-state index contributed by atoms with van der Waals surface area (Å²) < 4.78 is 7.80. The molecule has 0 radical (unpaired) electrons. The molecule has 0 aliphatic rings. The Kier molecular flexibility index (Phi) is 7.08. The third kappa shape index (κ3) is 5.36. The molecule has 0 spiro atoms. The lowest BCUT2D eigenvalue weighted by molar-refractivity contribution is 0.0696. The molecule has 2 aromatic carbocycles. The summed E-state index contributed by atoms with van der Waals surface area (Å²) >= 11 is 1.66. The van der Waals surface area contributed by atoms with Crippen molar-refractivity contribution in [1.82, 2.24) is 14.8 Å². The molecule has 1 N–H and O–H groups in total. The first kappa shape index (κ1) is 19.9. The number of nitrogens with zero attached hydrogens (tertiary/aromatic N) is 3. The predicted octanol–water partition coefficient (Wildman–Crippen LogP) is 4.15. The van der Waals surface area contributed by atoms with Crippen molar-refractivity contribution < 1.29 is 14.6 Å². The van der Waals surface area contributed by atoms with Gasteiger partial charge in [-0.1, -0.05) is 48.2 Å². The molecule has 7 heteroatoms. The Bertz CT molecular complexity index is 912. The normalized spacial score (nSPS) is 10.8. The first-order valence-electron chi connectivity index (χ1n) is 9.22. The van der Waals surface area contributed by atoms with Crippen molar-refractivity contribution in [3.05, 3.63) is 71.5 Å². The Hall–Kier alpha value is -2.80. The van der Waals surface area contributed by atoms with Gasteiger partial charge in [-0.15, -0.1) is 10.2 Å². The Labute approximate surface area is 168 Å². The van der Waals surface area contributed by atoms with Crippen LogP contribution in [0.15, 0.2) is 59.8 Å². The molecule has 0 aliphatic heterocycles. The SMILES string of the molecule is CCn1c(Cc2ccccc2)nnc1SCCCOc1cccc(C(=O)O)c1. The van der Waals surface area contributed by atoms with E-state index >= 15 is 0 Å². The van der Waals surface area contributed by atoms with E-state index in [2.05, 4.69) is 33.8 Å². The molecule has 0 fully saturated rings. The molecule has 0 saturated heterocycles. The van der Waals surface area contributed by atoms with Crippen molar-refractivity contribution in [2.24, 2.45) is 0 Å². The maximum absolute atomic E-state index is 11.0. The third-order valence-corrected chi connectivity index (χ3v) is 5.24. The molecule has 146 valence electrons. The van der Waals surface area contributed by atoms with E-state index in [0.717, 1.165) is 36.1 Å². The second kappa shape index (κ2) is 9.94. The van der Waals surface area contributed by atoms with Crippen molar-refractivity contribution in [2.75, 3.05) is 12.4 Å². The second-order valence-electron chi connectivity index (χ2n) is 6.19. The minimum Gasteiger partial charge on any atom is -0.494 e. The molecule has 0 saturated carbocycles. The van der Waals surface area contributed by atoms with Crippen LogP contribution in [0.25, 0.3) is 0 Å². The average Bonchev–Trinajstić information content (AvgIpc) is 3.10. The van der Waals surface area contributed by atoms with Gasteiger partial charge < -0.3 is 14.4 Å². The lowest BCUT2D eigenvalue weighted by atomic mass is 10.1. The van der Waals surface area contributed by atoms with Gasteiger partial charge in [0.15, 0.2) is 5.16 Å². The summed E-state index contributed by atoms with van der Waals surface area (Å²) in [5.41, 5.74) is 1.45. The molecule has 0 atom stereocenters. The number of ether oxygens (including phenoxy) is 1. The van der Waals surface area contributed by atoms with Crippen LogP contribution in [0.4, 0.5) is 0 Å². The van der Waals surface area contributed by atoms with Crippen LogP contribution in [0.1, 0.15) is 35.1 Å². The number of carboxylic acid groups (broad SMARTS) is 1. The summed E-state index contributed by atoms with van der Waals surface area (Å²) in [6.07, 6.45) is 1.60. The zero-order chi connectivity index (χ0) is 19.8. The first-order chi connectivity index (χ1) is 13.7. The van der Waals surface area contributed by atoms with Crippen LogP contribution in [-0.4, -0.2) is 38.2 Å². The molecule has 1 aromatic heterocycles. The Morgan fingerprint density at radius 2 is 1.96 bits per heavy atom. The Balaban J connectivity index is 1.48. The molecule has 3 aromatic rings. The van der Waals surface area contributed by atoms with Crippen LogP contribution in [0.3, 0.4) is 0 Å². The van der Waals surface area contributed by atoms with Crippen LogP contribution in [0, 0.1) is 0 Å². The highest BCUT2D eigenvalue weighted by molar-refractivity contribution is 7.99. The molecule has 0 amide bonds. The standard InChI is InChI=1S/C21H23N3O3S/c1-2-24-19(14-16-8-4-3-5-9-16)22-23-21(24)28-13-7-12-27-18-11-6-10-17(15-18)20(25)26/h3-6,8-11,15H,2,7,12-14H2,1H3,(H,25,26). The molecular weight excluding hydrogens is 374 g/mol. The van der Waals surface area contributed by atoms with Crippen molar-refractivity contribution >= 4 is 17.7 Å². The fourth-order valence-corrected chi connectivity index (χ4v) is 3.72. The van der Waals surface area contributed by atoms with Crippen molar-refractivity contribution in [2.45, 2.75) is 31.5 Å². The summed E-state index contributed by atoms with van der Waals surface area (Å²) in [5, 5.41) is 18.6. The number of hydrogen-bond donors (Lipinski definition) is 1. The quantitative estimate of drug-likeness (QED) is 0.409. The average molecular weight is 398 g/mol. The fraction of sp³-hybridized carbons (Fsp3) is 0.286.